The number of pyridine rings is 1. The van der Waals surface area contributed by atoms with Gasteiger partial charge in [0.1, 0.15) is 11.3 Å². The molecule has 0 spiro atoms. The molecule has 10 bridgehead atoms. The summed E-state index contributed by atoms with van der Waals surface area (Å²) >= 11 is 0. The van der Waals surface area contributed by atoms with E-state index in [2.05, 4.69) is 190 Å². The van der Waals surface area contributed by atoms with Gasteiger partial charge in [0.15, 0.2) is 0 Å². The molecule has 10 unspecified atom stereocenters. The number of aryl methyl sites for hydroxylation is 7. The van der Waals surface area contributed by atoms with Crippen LogP contribution in [-0.4, -0.2) is 199 Å². The number of H-pyrrole nitrogens is 1. The Morgan fingerprint density at radius 3 is 1.13 bits per heavy atom. The maximum absolute atomic E-state index is 12.0. The molecule has 19 nitrogen and oxygen atoms in total. The first-order chi connectivity index (χ1) is 65.8. The van der Waals surface area contributed by atoms with Crippen LogP contribution < -0.4 is 4.74 Å². The zero-order valence-corrected chi connectivity index (χ0v) is 79.9. The van der Waals surface area contributed by atoms with Gasteiger partial charge in [-0.2, -0.15) is 0 Å². The summed E-state index contributed by atoms with van der Waals surface area (Å²) in [6, 6.07) is 78.6. The molecule has 0 saturated carbocycles. The van der Waals surface area contributed by atoms with Crippen molar-refractivity contribution in [1.82, 2.24) is 44.0 Å². The molecule has 8 aromatic carbocycles. The first-order valence-corrected chi connectivity index (χ1v) is 50.7. The molecule has 11 aromatic rings. The standard InChI is InChI=1S/C26H33NO3.C25H31NO4.C24H28N2O.C21H26N2O.C20H27N3O.7H2/c28-25(29)8-4-5-20-9-11-21(12-10-20)13-16-26(30,23-6-2-1-3-7-23)24-19-27-17-14-22(24)15-18-27;1-29-23-16-18(8-9-21(23)24(27)28)10-13-25(30-2,20-6-4-3-5-7-20)22-17-26-14-11-19(22)12-15-26;27-24(21-4-2-1-3-5-21,22-17-26-14-10-19(22)11-15-26)12-8-18-6-7-23-20(16-18)9-13-25-23;24-21(19-6-2-1-3-7-19,11-8-17-5-4-12-22-15-17)20-16-23-13-9-18(20)10-14-23;1-22-15-21-13-18(22)7-10-20(24,17-5-3-2-4-6-17)19-14-23-11-8-16(19)9-12-23;;;;;;;/h1-3,6-7,9-12,22,24,30H,4-5,8,13-19H2,(H,28,29);3-9,16,19,22H,10-15,17H2,1-2H3,(H,27,28);1-7,9,13,16,19,22,25,27H,8,10-12,14-15,17H2;1-7,12,15,18,20,24H,8-11,13-14,16H2;2-6,13,15-16,19,24H,7-12,14H2,1H3;7*1H. The molecule has 0 radical (unpaired) electrons. The number of piperidine rings is 15. The summed E-state index contributed by atoms with van der Waals surface area (Å²) in [5, 5.41) is 67.2. The number of ether oxygens (including phenoxy) is 2. The van der Waals surface area contributed by atoms with E-state index in [0.717, 1.165) is 131 Å². The van der Waals surface area contributed by atoms with Crippen molar-refractivity contribution in [3.8, 4) is 5.75 Å². The molecule has 15 aliphatic heterocycles. The molecular weight excluding hydrogens is 1680 g/mol. The van der Waals surface area contributed by atoms with Crippen LogP contribution in [0.3, 0.4) is 0 Å². The van der Waals surface area contributed by atoms with Crippen molar-refractivity contribution in [1.29, 1.82) is 0 Å². The number of rotatable bonds is 32. The number of hydrogen-bond acceptors (Lipinski definition) is 15. The van der Waals surface area contributed by atoms with Crippen LogP contribution in [0.5, 0.6) is 5.75 Å². The number of methoxy groups -OCH3 is 2. The summed E-state index contributed by atoms with van der Waals surface area (Å²) in [5.74, 6) is 3.66. The number of carboxylic acids is 2. The number of aromatic carboxylic acids is 1. The van der Waals surface area contributed by atoms with E-state index in [4.69, 9.17) is 14.6 Å². The second kappa shape index (κ2) is 44.6. The Labute approximate surface area is 810 Å². The summed E-state index contributed by atoms with van der Waals surface area (Å²) in [6.07, 6.45) is 31.5. The van der Waals surface area contributed by atoms with E-state index in [0.29, 0.717) is 65.4 Å². The number of carboxylic acid groups (broad SMARTS) is 2. The van der Waals surface area contributed by atoms with E-state index in [1.807, 2.05) is 118 Å². The maximum Gasteiger partial charge on any atom is 0.339 e. The molecule has 7 N–H and O–H groups in total. The van der Waals surface area contributed by atoms with Gasteiger partial charge in [0.2, 0.25) is 0 Å². The predicted molar refractivity (Wildman–Crippen MR) is 549 cm³/mol. The molecule has 728 valence electrons. The number of aromatic nitrogens is 4. The van der Waals surface area contributed by atoms with Crippen LogP contribution in [-0.2, 0) is 83.1 Å². The molecule has 135 heavy (non-hydrogen) atoms. The minimum atomic E-state index is -0.971. The Morgan fingerprint density at radius 1 is 0.393 bits per heavy atom. The summed E-state index contributed by atoms with van der Waals surface area (Å²) in [5.41, 5.74) is 10.6. The lowest BCUT2D eigenvalue weighted by Crippen LogP contribution is -2.55. The second-order valence-corrected chi connectivity index (χ2v) is 41.0. The van der Waals surface area contributed by atoms with E-state index >= 15 is 0 Å². The highest BCUT2D eigenvalue weighted by atomic mass is 16.5. The fourth-order valence-corrected chi connectivity index (χ4v) is 25.7. The zero-order valence-electron chi connectivity index (χ0n) is 79.9. The van der Waals surface area contributed by atoms with E-state index in [1.54, 1.807) is 12.3 Å². The van der Waals surface area contributed by atoms with Crippen LogP contribution in [0.4, 0.5) is 0 Å². The molecule has 15 saturated heterocycles. The van der Waals surface area contributed by atoms with Gasteiger partial charge in [-0.25, -0.2) is 9.78 Å². The number of imidazole rings is 1. The van der Waals surface area contributed by atoms with Gasteiger partial charge in [0.25, 0.3) is 0 Å². The smallest absolute Gasteiger partial charge is 0.339 e. The fraction of sp³-hybridized carbons (Fsp3) is 0.483. The SMILES string of the molecule is COc1cc(CCC(OC)(c2ccccc2)C2CN3CCC2CC3)ccc1C(=O)O.Cn1cncc1CCC(O)(c1ccccc1)C1CN2CCC1CC2.O=C(O)CCCc1ccc(CCC(O)(c2ccccc2)C2CN3CCC2CC3)cc1.OC(CCc1ccc2[nH]ccc2c1)(c1ccccc1)C1CN2CCC1CC2.OC(CCc1cccnc1)(c1ccccc1)C1CN2CCC1CC2.[HH].[HH].[HH].[HH].[HH].[HH].[HH]. The quantitative estimate of drug-likeness (QED) is 0.0208. The van der Waals surface area contributed by atoms with Gasteiger partial charge in [-0.15, -0.1) is 0 Å². The molecule has 3 aromatic heterocycles. The monoisotopic (exact) mass is 1840 g/mol. The van der Waals surface area contributed by atoms with Gasteiger partial charge in [-0.1, -0.05) is 194 Å². The van der Waals surface area contributed by atoms with Crippen LogP contribution in [0.1, 0.15) is 191 Å². The number of aromatic amines is 1. The number of benzene rings is 8. The van der Waals surface area contributed by atoms with Gasteiger partial charge >= 0.3 is 11.9 Å². The normalized spacial score (nSPS) is 26.6. The van der Waals surface area contributed by atoms with Gasteiger partial charge < -0.3 is 74.2 Å². The van der Waals surface area contributed by atoms with Crippen molar-refractivity contribution < 1.29 is 59.7 Å². The van der Waals surface area contributed by atoms with Crippen LogP contribution in [0.25, 0.3) is 10.9 Å². The van der Waals surface area contributed by atoms with Gasteiger partial charge in [0.05, 0.1) is 41.4 Å². The van der Waals surface area contributed by atoms with Crippen molar-refractivity contribution in [3.05, 3.63) is 329 Å². The Balaban J connectivity index is 0.000000181. The topological polar surface area (TPSA) is 237 Å². The fourth-order valence-electron chi connectivity index (χ4n) is 25.7. The average Bonchev–Trinajstić information content (AvgIpc) is 0.775. The number of nitrogens with one attached hydrogen (secondary N) is 1. The Kier molecular flexibility index (Phi) is 32.0. The number of aliphatic hydroxyl groups is 4. The molecule has 18 heterocycles. The first kappa shape index (κ1) is 96.7. The Morgan fingerprint density at radius 2 is 0.763 bits per heavy atom. The van der Waals surface area contributed by atoms with Crippen molar-refractivity contribution in [2.45, 2.75) is 176 Å². The summed E-state index contributed by atoms with van der Waals surface area (Å²) < 4.78 is 13.8. The van der Waals surface area contributed by atoms with Crippen molar-refractivity contribution >= 4 is 22.8 Å². The highest BCUT2D eigenvalue weighted by Gasteiger charge is 2.53. The van der Waals surface area contributed by atoms with Crippen LogP contribution >= 0.6 is 0 Å². The number of nitrogens with zero attached hydrogens (tertiary/aromatic N) is 8. The lowest BCUT2D eigenvalue weighted by atomic mass is 9.66. The van der Waals surface area contributed by atoms with Crippen molar-refractivity contribution in [2.75, 3.05) is 112 Å². The minimum Gasteiger partial charge on any atom is -0.496 e. The lowest BCUT2D eigenvalue weighted by Gasteiger charge is -2.53. The van der Waals surface area contributed by atoms with Gasteiger partial charge in [-0.3, -0.25) is 9.78 Å². The molecule has 10 atom stereocenters. The van der Waals surface area contributed by atoms with E-state index in [-0.39, 0.29) is 33.5 Å². The second-order valence-electron chi connectivity index (χ2n) is 41.0. The lowest BCUT2D eigenvalue weighted by molar-refractivity contribution is -0.137. The van der Waals surface area contributed by atoms with Crippen LogP contribution in [0, 0.1) is 59.2 Å². The van der Waals surface area contributed by atoms with Crippen molar-refractivity contribution in [3.63, 3.8) is 0 Å². The first-order valence-electron chi connectivity index (χ1n) is 50.7. The minimum absolute atomic E-state index is 0. The molecule has 15 aliphatic rings. The molecular formula is C116H159N9O10. The molecule has 26 rings (SSSR count). The van der Waals surface area contributed by atoms with Gasteiger partial charge in [-0.05, 0) is 334 Å². The number of fused-ring (bicyclic) bond motifs is 16. The Bertz CT molecular complexity index is 5560. The van der Waals surface area contributed by atoms with Crippen LogP contribution in [0.2, 0.25) is 0 Å². The third-order valence-corrected chi connectivity index (χ3v) is 33.6. The molecule has 0 amide bonds. The summed E-state index contributed by atoms with van der Waals surface area (Å²) in [6.45, 7) is 17.1. The van der Waals surface area contributed by atoms with E-state index in [9.17, 15) is 35.1 Å². The highest BCUT2D eigenvalue weighted by Crippen LogP contribution is 2.53. The molecule has 0 aliphatic carbocycles. The van der Waals surface area contributed by atoms with Gasteiger partial charge in [0, 0.05) is 129 Å². The van der Waals surface area contributed by atoms with Crippen LogP contribution in [0.15, 0.2) is 262 Å². The number of carbonyl (C=O) groups is 2. The Hall–Kier alpha value is -10.0. The maximum atomic E-state index is 12.0. The summed E-state index contributed by atoms with van der Waals surface area (Å²) in [7, 11) is 5.39. The van der Waals surface area contributed by atoms with E-state index < -0.39 is 34.3 Å². The number of aliphatic carboxylic acids is 1. The summed E-state index contributed by atoms with van der Waals surface area (Å²) in [4.78, 5) is 46.5. The zero-order chi connectivity index (χ0) is 93.4. The largest absolute Gasteiger partial charge is 0.496 e. The predicted octanol–water partition coefficient (Wildman–Crippen LogP) is 20.3. The molecule has 15 fully saturated rings. The number of hydrogen-bond donors (Lipinski definition) is 7. The average molecular weight is 1840 g/mol. The molecule has 19 heteroatoms. The highest BCUT2D eigenvalue weighted by molar-refractivity contribution is 5.91. The third kappa shape index (κ3) is 22.7. The van der Waals surface area contributed by atoms with E-state index in [1.165, 1.54) is 181 Å². The third-order valence-electron chi connectivity index (χ3n) is 33.6. The van der Waals surface area contributed by atoms with Crippen molar-refractivity contribution in [2.24, 2.45) is 66.2 Å².